The number of rotatable bonds is 4. The fourth-order valence-corrected chi connectivity index (χ4v) is 6.07. The van der Waals surface area contributed by atoms with Crippen LogP contribution in [0, 0.1) is 23.2 Å². The lowest BCUT2D eigenvalue weighted by Gasteiger charge is -2.56. The van der Waals surface area contributed by atoms with Crippen molar-refractivity contribution >= 4 is 28.1 Å². The van der Waals surface area contributed by atoms with Crippen molar-refractivity contribution in [3.63, 3.8) is 0 Å². The van der Waals surface area contributed by atoms with E-state index in [9.17, 15) is 9.90 Å². The minimum Gasteiger partial charge on any atom is -0.507 e. The molecular weight excluding hydrogens is 368 g/mol. The third kappa shape index (κ3) is 3.23. The van der Waals surface area contributed by atoms with E-state index >= 15 is 0 Å². The quantitative estimate of drug-likeness (QED) is 0.597. The molecule has 1 amide bonds. The molecule has 1 aromatic carbocycles. The number of hydrazone groups is 1. The Labute approximate surface area is 150 Å². The number of nitrogens with one attached hydrogen (secondary N) is 1. The van der Waals surface area contributed by atoms with E-state index in [-0.39, 0.29) is 17.1 Å². The second kappa shape index (κ2) is 6.17. The zero-order valence-corrected chi connectivity index (χ0v) is 15.3. The minimum atomic E-state index is 0.00249. The van der Waals surface area contributed by atoms with E-state index in [4.69, 9.17) is 0 Å². The molecule has 128 valence electrons. The summed E-state index contributed by atoms with van der Waals surface area (Å²) in [6.07, 6.45) is 9.94. The third-order valence-corrected chi connectivity index (χ3v) is 6.58. The van der Waals surface area contributed by atoms with Crippen molar-refractivity contribution in [3.8, 4) is 5.75 Å². The van der Waals surface area contributed by atoms with Gasteiger partial charge < -0.3 is 5.11 Å². The molecule has 0 aromatic heterocycles. The fourth-order valence-electron chi connectivity index (χ4n) is 5.69. The van der Waals surface area contributed by atoms with Crippen molar-refractivity contribution in [2.24, 2.45) is 28.3 Å². The molecule has 0 saturated heterocycles. The zero-order chi connectivity index (χ0) is 16.7. The van der Waals surface area contributed by atoms with Gasteiger partial charge in [0.15, 0.2) is 0 Å². The lowest BCUT2D eigenvalue weighted by Crippen LogP contribution is -2.47. The second-order valence-corrected chi connectivity index (χ2v) is 9.01. The van der Waals surface area contributed by atoms with Crippen LogP contribution < -0.4 is 5.43 Å². The number of carbonyl (C=O) groups excluding carboxylic acids is 1. The molecule has 4 saturated carbocycles. The summed E-state index contributed by atoms with van der Waals surface area (Å²) in [5, 5.41) is 13.8. The molecule has 0 atom stereocenters. The van der Waals surface area contributed by atoms with E-state index in [1.54, 1.807) is 18.2 Å². The number of phenols is 1. The predicted molar refractivity (Wildman–Crippen MR) is 96.8 cm³/mol. The Kier molecular flexibility index (Phi) is 4.15. The SMILES string of the molecule is O=C(CC12CC3CC(CC(C3)C1)C2)NN=Cc1cc(Br)ccc1O. The van der Waals surface area contributed by atoms with Gasteiger partial charge in [-0.2, -0.15) is 5.10 Å². The van der Waals surface area contributed by atoms with Crippen LogP contribution in [0.4, 0.5) is 0 Å². The van der Waals surface area contributed by atoms with E-state index in [1.807, 2.05) is 0 Å². The minimum absolute atomic E-state index is 0.00249. The number of aromatic hydroxyl groups is 1. The van der Waals surface area contributed by atoms with Gasteiger partial charge in [-0.3, -0.25) is 4.79 Å². The summed E-state index contributed by atoms with van der Waals surface area (Å²) in [7, 11) is 0. The van der Waals surface area contributed by atoms with Gasteiger partial charge in [0.05, 0.1) is 6.21 Å². The highest BCUT2D eigenvalue weighted by Crippen LogP contribution is 2.61. The third-order valence-electron chi connectivity index (χ3n) is 6.08. The molecule has 0 aliphatic heterocycles. The summed E-state index contributed by atoms with van der Waals surface area (Å²) < 4.78 is 0.863. The fraction of sp³-hybridized carbons (Fsp3) is 0.579. The van der Waals surface area contributed by atoms with Crippen LogP contribution in [0.25, 0.3) is 0 Å². The Hall–Kier alpha value is -1.36. The predicted octanol–water partition coefficient (Wildman–Crippen LogP) is 4.21. The van der Waals surface area contributed by atoms with Crippen LogP contribution in [0.15, 0.2) is 27.8 Å². The number of carbonyl (C=O) groups is 1. The van der Waals surface area contributed by atoms with Gasteiger partial charge in [0.25, 0.3) is 0 Å². The van der Waals surface area contributed by atoms with Gasteiger partial charge in [0, 0.05) is 16.5 Å². The van der Waals surface area contributed by atoms with Crippen LogP contribution >= 0.6 is 15.9 Å². The molecule has 4 fully saturated rings. The number of hydrogen-bond acceptors (Lipinski definition) is 3. The summed E-state index contributed by atoms with van der Waals surface area (Å²) in [4.78, 5) is 12.4. The first-order chi connectivity index (χ1) is 11.5. The van der Waals surface area contributed by atoms with Gasteiger partial charge in [-0.05, 0) is 79.9 Å². The summed E-state index contributed by atoms with van der Waals surface area (Å²) in [5.74, 6) is 2.71. The lowest BCUT2D eigenvalue weighted by atomic mass is 9.49. The molecule has 5 rings (SSSR count). The lowest BCUT2D eigenvalue weighted by molar-refractivity contribution is -0.129. The number of phenolic OH excluding ortho intramolecular Hbond substituents is 1. The van der Waals surface area contributed by atoms with E-state index in [0.717, 1.165) is 22.2 Å². The van der Waals surface area contributed by atoms with Crippen molar-refractivity contribution in [1.82, 2.24) is 5.43 Å². The molecule has 0 radical (unpaired) electrons. The van der Waals surface area contributed by atoms with Gasteiger partial charge in [-0.1, -0.05) is 15.9 Å². The molecule has 0 unspecified atom stereocenters. The van der Waals surface area contributed by atoms with Crippen molar-refractivity contribution in [2.75, 3.05) is 0 Å². The average molecular weight is 391 g/mol. The van der Waals surface area contributed by atoms with Gasteiger partial charge in [-0.25, -0.2) is 5.43 Å². The van der Waals surface area contributed by atoms with Crippen LogP contribution in [0.5, 0.6) is 5.75 Å². The van der Waals surface area contributed by atoms with Crippen LogP contribution in [-0.4, -0.2) is 17.2 Å². The highest BCUT2D eigenvalue weighted by atomic mass is 79.9. The average Bonchev–Trinajstić information content (AvgIpc) is 2.48. The van der Waals surface area contributed by atoms with Gasteiger partial charge in [0.2, 0.25) is 5.91 Å². The van der Waals surface area contributed by atoms with Gasteiger partial charge >= 0.3 is 0 Å². The number of amides is 1. The van der Waals surface area contributed by atoms with Gasteiger partial charge in [0.1, 0.15) is 5.75 Å². The molecule has 5 heteroatoms. The molecular formula is C19H23BrN2O2. The largest absolute Gasteiger partial charge is 0.507 e. The van der Waals surface area contributed by atoms with Crippen LogP contribution in [0.3, 0.4) is 0 Å². The Morgan fingerprint density at radius 2 is 1.88 bits per heavy atom. The highest BCUT2D eigenvalue weighted by molar-refractivity contribution is 9.10. The van der Waals surface area contributed by atoms with Crippen LogP contribution in [0.1, 0.15) is 50.5 Å². The molecule has 1 aromatic rings. The molecule has 4 bridgehead atoms. The standard InChI is InChI=1S/C19H23BrN2O2/c20-16-1-2-17(23)15(6-16)11-21-22-18(24)10-19-7-12-3-13(8-19)5-14(4-12)9-19/h1-2,6,11-14,23H,3-5,7-10H2,(H,22,24). The van der Waals surface area contributed by atoms with E-state index < -0.39 is 0 Å². The Balaban J connectivity index is 1.37. The number of halogens is 1. The molecule has 4 aliphatic rings. The maximum Gasteiger partial charge on any atom is 0.240 e. The maximum atomic E-state index is 12.4. The van der Waals surface area contributed by atoms with E-state index in [2.05, 4.69) is 26.5 Å². The number of benzene rings is 1. The van der Waals surface area contributed by atoms with Gasteiger partial charge in [-0.15, -0.1) is 0 Å². The molecule has 4 aliphatic carbocycles. The molecule has 4 nitrogen and oxygen atoms in total. The summed E-state index contributed by atoms with van der Waals surface area (Å²) in [6, 6.07) is 5.13. The van der Waals surface area contributed by atoms with Crippen molar-refractivity contribution in [2.45, 2.75) is 44.9 Å². The number of hydrogen-bond donors (Lipinski definition) is 2. The Morgan fingerprint density at radius 1 is 1.25 bits per heavy atom. The Bertz CT molecular complexity index is 651. The molecule has 2 N–H and O–H groups in total. The van der Waals surface area contributed by atoms with E-state index in [0.29, 0.717) is 12.0 Å². The van der Waals surface area contributed by atoms with Crippen molar-refractivity contribution in [3.05, 3.63) is 28.2 Å². The monoisotopic (exact) mass is 390 g/mol. The molecule has 24 heavy (non-hydrogen) atoms. The molecule has 0 heterocycles. The summed E-state index contributed by atoms with van der Waals surface area (Å²) in [6.45, 7) is 0. The summed E-state index contributed by atoms with van der Waals surface area (Å²) >= 11 is 3.36. The highest BCUT2D eigenvalue weighted by Gasteiger charge is 2.51. The summed E-state index contributed by atoms with van der Waals surface area (Å²) in [5.41, 5.74) is 3.47. The van der Waals surface area contributed by atoms with E-state index in [1.165, 1.54) is 44.7 Å². The zero-order valence-electron chi connectivity index (χ0n) is 13.7. The van der Waals surface area contributed by atoms with Crippen LogP contribution in [-0.2, 0) is 4.79 Å². The first kappa shape index (κ1) is 16.1. The Morgan fingerprint density at radius 3 is 2.50 bits per heavy atom. The molecule has 0 spiro atoms. The number of nitrogens with zero attached hydrogens (tertiary/aromatic N) is 1. The normalized spacial score (nSPS) is 34.0. The van der Waals surface area contributed by atoms with Crippen molar-refractivity contribution in [1.29, 1.82) is 0 Å². The first-order valence-corrected chi connectivity index (χ1v) is 9.61. The topological polar surface area (TPSA) is 61.7 Å². The second-order valence-electron chi connectivity index (χ2n) is 8.09. The van der Waals surface area contributed by atoms with Crippen LogP contribution in [0.2, 0.25) is 0 Å². The first-order valence-electron chi connectivity index (χ1n) is 8.82. The smallest absolute Gasteiger partial charge is 0.240 e. The maximum absolute atomic E-state index is 12.4. The van der Waals surface area contributed by atoms with Crippen molar-refractivity contribution < 1.29 is 9.90 Å².